The summed E-state index contributed by atoms with van der Waals surface area (Å²) in [6.07, 6.45) is -4.40. The summed E-state index contributed by atoms with van der Waals surface area (Å²) in [5.74, 6) is 0.175. The normalized spacial score (nSPS) is 11.6. The monoisotopic (exact) mass is 235 g/mol. The van der Waals surface area contributed by atoms with Crippen molar-refractivity contribution in [2.45, 2.75) is 12.7 Å². The van der Waals surface area contributed by atoms with Gasteiger partial charge in [0.25, 0.3) is 0 Å². The third kappa shape index (κ3) is 3.11. The Kier molecular flexibility index (Phi) is 4.14. The van der Waals surface area contributed by atoms with Gasteiger partial charge in [0.15, 0.2) is 0 Å². The molecule has 1 N–H and O–H groups in total. The SMILES string of the molecule is CONCc1ccc(OC)cc1C(F)(F)F. The Balaban J connectivity index is 3.06. The second-order valence-corrected chi connectivity index (χ2v) is 3.05. The lowest BCUT2D eigenvalue weighted by Gasteiger charge is -2.14. The van der Waals surface area contributed by atoms with E-state index in [1.54, 1.807) is 0 Å². The van der Waals surface area contributed by atoms with Crippen LogP contribution >= 0.6 is 0 Å². The van der Waals surface area contributed by atoms with Crippen LogP contribution in [0, 0.1) is 0 Å². The molecule has 0 heterocycles. The van der Waals surface area contributed by atoms with Gasteiger partial charge in [-0.3, -0.25) is 0 Å². The second kappa shape index (κ2) is 5.18. The van der Waals surface area contributed by atoms with Crippen molar-refractivity contribution in [3.8, 4) is 5.75 Å². The maximum absolute atomic E-state index is 12.7. The maximum atomic E-state index is 12.7. The first kappa shape index (κ1) is 12.8. The van der Waals surface area contributed by atoms with Gasteiger partial charge in [-0.2, -0.15) is 18.7 Å². The molecule has 0 unspecified atom stereocenters. The van der Waals surface area contributed by atoms with Gasteiger partial charge >= 0.3 is 6.18 Å². The molecule has 0 amide bonds. The van der Waals surface area contributed by atoms with Gasteiger partial charge in [0.05, 0.1) is 19.8 Å². The first-order valence-corrected chi connectivity index (χ1v) is 4.49. The Hall–Kier alpha value is -1.27. The van der Waals surface area contributed by atoms with Crippen molar-refractivity contribution in [2.75, 3.05) is 14.2 Å². The summed E-state index contributed by atoms with van der Waals surface area (Å²) in [7, 11) is 2.67. The van der Waals surface area contributed by atoms with E-state index in [1.807, 2.05) is 0 Å². The molecule has 0 fully saturated rings. The lowest BCUT2D eigenvalue weighted by atomic mass is 10.1. The quantitative estimate of drug-likeness (QED) is 0.813. The Morgan fingerprint density at radius 3 is 2.44 bits per heavy atom. The molecule has 1 aromatic rings. The number of hydrogen-bond donors (Lipinski definition) is 1. The van der Waals surface area contributed by atoms with Crippen LogP contribution < -0.4 is 10.2 Å². The van der Waals surface area contributed by atoms with E-state index in [2.05, 4.69) is 10.3 Å². The van der Waals surface area contributed by atoms with Crippen molar-refractivity contribution in [1.82, 2.24) is 5.48 Å². The lowest BCUT2D eigenvalue weighted by molar-refractivity contribution is -0.138. The van der Waals surface area contributed by atoms with Crippen LogP contribution in [0.5, 0.6) is 5.75 Å². The molecule has 0 aliphatic heterocycles. The summed E-state index contributed by atoms with van der Waals surface area (Å²) < 4.78 is 42.8. The number of ether oxygens (including phenoxy) is 1. The van der Waals surface area contributed by atoms with Gasteiger partial charge in [0, 0.05) is 6.54 Å². The molecule has 6 heteroatoms. The van der Waals surface area contributed by atoms with E-state index >= 15 is 0 Å². The van der Waals surface area contributed by atoms with Crippen molar-refractivity contribution in [3.05, 3.63) is 29.3 Å². The largest absolute Gasteiger partial charge is 0.497 e. The van der Waals surface area contributed by atoms with Crippen LogP contribution in [0.25, 0.3) is 0 Å². The highest BCUT2D eigenvalue weighted by Crippen LogP contribution is 2.34. The van der Waals surface area contributed by atoms with Crippen LogP contribution in [0.3, 0.4) is 0 Å². The molecule has 90 valence electrons. The topological polar surface area (TPSA) is 30.5 Å². The molecule has 3 nitrogen and oxygen atoms in total. The zero-order chi connectivity index (χ0) is 12.2. The molecule has 0 saturated heterocycles. The molecule has 0 radical (unpaired) electrons. The van der Waals surface area contributed by atoms with Crippen LogP contribution in [0.2, 0.25) is 0 Å². The molecule has 16 heavy (non-hydrogen) atoms. The van der Waals surface area contributed by atoms with Gasteiger partial charge in [0.2, 0.25) is 0 Å². The van der Waals surface area contributed by atoms with Crippen molar-refractivity contribution in [3.63, 3.8) is 0 Å². The molecule has 0 aliphatic carbocycles. The van der Waals surface area contributed by atoms with Gasteiger partial charge in [-0.05, 0) is 17.7 Å². The molecule has 0 atom stereocenters. The number of benzene rings is 1. The number of nitrogens with one attached hydrogen (secondary N) is 1. The fourth-order valence-corrected chi connectivity index (χ4v) is 1.25. The first-order chi connectivity index (χ1) is 7.49. The minimum Gasteiger partial charge on any atom is -0.497 e. The fraction of sp³-hybridized carbons (Fsp3) is 0.400. The Bertz CT molecular complexity index is 352. The van der Waals surface area contributed by atoms with Crippen molar-refractivity contribution < 1.29 is 22.7 Å². The Morgan fingerprint density at radius 1 is 1.25 bits per heavy atom. The van der Waals surface area contributed by atoms with Crippen LogP contribution in [-0.4, -0.2) is 14.2 Å². The summed E-state index contributed by atoms with van der Waals surface area (Å²) in [6.45, 7) is -0.0185. The van der Waals surface area contributed by atoms with E-state index in [0.29, 0.717) is 0 Å². The smallest absolute Gasteiger partial charge is 0.416 e. The summed E-state index contributed by atoms with van der Waals surface area (Å²) in [5.41, 5.74) is 1.75. The van der Waals surface area contributed by atoms with E-state index in [9.17, 15) is 13.2 Å². The van der Waals surface area contributed by atoms with E-state index in [-0.39, 0.29) is 17.9 Å². The van der Waals surface area contributed by atoms with Crippen molar-refractivity contribution in [2.24, 2.45) is 0 Å². The molecule has 1 aromatic carbocycles. The summed E-state index contributed by atoms with van der Waals surface area (Å²) in [6, 6.07) is 3.79. The number of hydrogen-bond acceptors (Lipinski definition) is 3. The van der Waals surface area contributed by atoms with Crippen LogP contribution in [0.15, 0.2) is 18.2 Å². The van der Waals surface area contributed by atoms with E-state index in [0.717, 1.165) is 6.07 Å². The number of halogens is 3. The molecular formula is C10H12F3NO2. The predicted molar refractivity (Wildman–Crippen MR) is 51.8 cm³/mol. The van der Waals surface area contributed by atoms with E-state index < -0.39 is 11.7 Å². The standard InChI is InChI=1S/C10H12F3NO2/c1-15-8-4-3-7(6-14-16-2)9(5-8)10(11,12)13/h3-5,14H,6H2,1-2H3. The van der Waals surface area contributed by atoms with E-state index in [4.69, 9.17) is 4.74 Å². The Labute approximate surface area is 91.1 Å². The average Bonchev–Trinajstić information content (AvgIpc) is 2.25. The van der Waals surface area contributed by atoms with Crippen LogP contribution in [-0.2, 0) is 17.6 Å². The predicted octanol–water partition coefficient (Wildman–Crippen LogP) is 2.37. The summed E-state index contributed by atoms with van der Waals surface area (Å²) in [5, 5.41) is 0. The van der Waals surface area contributed by atoms with E-state index in [1.165, 1.54) is 26.4 Å². The third-order valence-electron chi connectivity index (χ3n) is 2.03. The van der Waals surface area contributed by atoms with Crippen LogP contribution in [0.1, 0.15) is 11.1 Å². The molecule has 0 aromatic heterocycles. The third-order valence-corrected chi connectivity index (χ3v) is 2.03. The number of methoxy groups -OCH3 is 1. The number of alkyl halides is 3. The summed E-state index contributed by atoms with van der Waals surface area (Å²) in [4.78, 5) is 4.52. The molecule has 0 spiro atoms. The Morgan fingerprint density at radius 2 is 1.94 bits per heavy atom. The van der Waals surface area contributed by atoms with Gasteiger partial charge in [-0.1, -0.05) is 6.07 Å². The van der Waals surface area contributed by atoms with Gasteiger partial charge in [-0.25, -0.2) is 0 Å². The highest BCUT2D eigenvalue weighted by atomic mass is 19.4. The van der Waals surface area contributed by atoms with Gasteiger partial charge in [0.1, 0.15) is 5.75 Å². The highest BCUT2D eigenvalue weighted by Gasteiger charge is 2.33. The van der Waals surface area contributed by atoms with Gasteiger partial charge < -0.3 is 9.57 Å². The molecule has 0 saturated carbocycles. The lowest BCUT2D eigenvalue weighted by Crippen LogP contribution is -2.16. The first-order valence-electron chi connectivity index (χ1n) is 4.49. The average molecular weight is 235 g/mol. The number of rotatable bonds is 4. The molecule has 1 rings (SSSR count). The van der Waals surface area contributed by atoms with Crippen molar-refractivity contribution in [1.29, 1.82) is 0 Å². The van der Waals surface area contributed by atoms with Gasteiger partial charge in [-0.15, -0.1) is 0 Å². The summed E-state index contributed by atoms with van der Waals surface area (Å²) >= 11 is 0. The fourth-order valence-electron chi connectivity index (χ4n) is 1.25. The minimum atomic E-state index is -4.40. The zero-order valence-corrected chi connectivity index (χ0v) is 8.89. The number of hydroxylamine groups is 1. The highest BCUT2D eigenvalue weighted by molar-refractivity contribution is 5.37. The maximum Gasteiger partial charge on any atom is 0.416 e. The minimum absolute atomic E-state index is 0.0185. The molecular weight excluding hydrogens is 223 g/mol. The van der Waals surface area contributed by atoms with Crippen LogP contribution in [0.4, 0.5) is 13.2 Å². The van der Waals surface area contributed by atoms with Crippen molar-refractivity contribution >= 4 is 0 Å². The molecule has 0 bridgehead atoms. The molecule has 0 aliphatic rings. The second-order valence-electron chi connectivity index (χ2n) is 3.05. The zero-order valence-electron chi connectivity index (χ0n) is 8.89.